The molecule has 2 aromatic rings. The molecule has 0 saturated carbocycles. The summed E-state index contributed by atoms with van der Waals surface area (Å²) in [6.07, 6.45) is 4.22. The molecule has 4 heteroatoms. The van der Waals surface area contributed by atoms with Crippen molar-refractivity contribution in [1.29, 1.82) is 0 Å². The number of hydrogen-bond donors (Lipinski definition) is 2. The summed E-state index contributed by atoms with van der Waals surface area (Å²) in [6.45, 7) is 3.04. The zero-order valence-electron chi connectivity index (χ0n) is 9.29. The Labute approximate surface area is 94.0 Å². The molecular weight excluding hydrogens is 202 g/mol. The maximum atomic E-state index is 5.64. The molecule has 4 nitrogen and oxygen atoms in total. The standard InChI is InChI=1S/C12H15N3O/c1-8-4-5-11(16-8)9-7-14-15-12(9)10-3-2-6-13-10/h4-5,7,10,13H,2-3,6H2,1H3,(H,14,15). The van der Waals surface area contributed by atoms with Gasteiger partial charge in [0.25, 0.3) is 0 Å². The summed E-state index contributed by atoms with van der Waals surface area (Å²) >= 11 is 0. The molecule has 1 saturated heterocycles. The fourth-order valence-electron chi connectivity index (χ4n) is 2.27. The van der Waals surface area contributed by atoms with Crippen molar-refractivity contribution in [3.63, 3.8) is 0 Å². The van der Waals surface area contributed by atoms with Crippen LogP contribution in [-0.4, -0.2) is 16.7 Å². The summed E-state index contributed by atoms with van der Waals surface area (Å²) in [7, 11) is 0. The van der Waals surface area contributed by atoms with Crippen LogP contribution in [-0.2, 0) is 0 Å². The minimum absolute atomic E-state index is 0.392. The molecule has 1 fully saturated rings. The number of hydrogen-bond acceptors (Lipinski definition) is 3. The molecule has 1 unspecified atom stereocenters. The third kappa shape index (κ3) is 1.55. The lowest BCUT2D eigenvalue weighted by Crippen LogP contribution is -2.13. The molecule has 0 amide bonds. The molecule has 16 heavy (non-hydrogen) atoms. The fourth-order valence-corrected chi connectivity index (χ4v) is 2.27. The number of aromatic nitrogens is 2. The summed E-state index contributed by atoms with van der Waals surface area (Å²) < 4.78 is 5.64. The number of furan rings is 1. The Hall–Kier alpha value is -1.55. The Bertz CT molecular complexity index is 480. The van der Waals surface area contributed by atoms with Crippen LogP contribution >= 0.6 is 0 Å². The van der Waals surface area contributed by atoms with Gasteiger partial charge in [0.15, 0.2) is 0 Å². The Morgan fingerprint density at radius 2 is 2.38 bits per heavy atom. The van der Waals surface area contributed by atoms with Crippen LogP contribution < -0.4 is 5.32 Å². The topological polar surface area (TPSA) is 53.9 Å². The Morgan fingerprint density at radius 3 is 3.06 bits per heavy atom. The molecule has 1 atom stereocenters. The number of nitrogens with zero attached hydrogens (tertiary/aromatic N) is 1. The van der Waals surface area contributed by atoms with Gasteiger partial charge in [-0.15, -0.1) is 0 Å². The van der Waals surface area contributed by atoms with Crippen LogP contribution in [0.3, 0.4) is 0 Å². The van der Waals surface area contributed by atoms with Crippen molar-refractivity contribution in [3.8, 4) is 11.3 Å². The molecule has 0 aliphatic carbocycles. The smallest absolute Gasteiger partial charge is 0.137 e. The molecule has 3 rings (SSSR count). The molecule has 0 radical (unpaired) electrons. The Morgan fingerprint density at radius 1 is 1.44 bits per heavy atom. The Kier molecular flexibility index (Phi) is 2.29. The predicted octanol–water partition coefficient (Wildman–Crippen LogP) is 2.40. The van der Waals surface area contributed by atoms with E-state index in [2.05, 4.69) is 15.5 Å². The van der Waals surface area contributed by atoms with Gasteiger partial charge in [-0.2, -0.15) is 5.10 Å². The van der Waals surface area contributed by atoms with E-state index in [0.29, 0.717) is 6.04 Å². The first-order valence-electron chi connectivity index (χ1n) is 5.68. The lowest BCUT2D eigenvalue weighted by atomic mass is 10.1. The van der Waals surface area contributed by atoms with Gasteiger partial charge in [0, 0.05) is 6.04 Å². The van der Waals surface area contributed by atoms with Crippen LogP contribution in [0.4, 0.5) is 0 Å². The average Bonchev–Trinajstić information content (AvgIpc) is 2.96. The van der Waals surface area contributed by atoms with E-state index < -0.39 is 0 Å². The van der Waals surface area contributed by atoms with Gasteiger partial charge in [-0.05, 0) is 38.4 Å². The van der Waals surface area contributed by atoms with Gasteiger partial charge in [-0.25, -0.2) is 0 Å². The number of nitrogens with one attached hydrogen (secondary N) is 2. The van der Waals surface area contributed by atoms with E-state index in [1.54, 1.807) is 0 Å². The monoisotopic (exact) mass is 217 g/mol. The predicted molar refractivity (Wildman–Crippen MR) is 61.0 cm³/mol. The molecule has 0 spiro atoms. The van der Waals surface area contributed by atoms with E-state index >= 15 is 0 Å². The molecular formula is C12H15N3O. The van der Waals surface area contributed by atoms with Crippen molar-refractivity contribution in [3.05, 3.63) is 29.8 Å². The highest BCUT2D eigenvalue weighted by molar-refractivity contribution is 5.60. The number of rotatable bonds is 2. The molecule has 1 aliphatic rings. The first-order valence-corrected chi connectivity index (χ1v) is 5.68. The molecule has 84 valence electrons. The third-order valence-corrected chi connectivity index (χ3v) is 3.08. The summed E-state index contributed by atoms with van der Waals surface area (Å²) in [5.74, 6) is 1.83. The van der Waals surface area contributed by atoms with E-state index in [0.717, 1.165) is 35.7 Å². The number of H-pyrrole nitrogens is 1. The zero-order chi connectivity index (χ0) is 11.0. The minimum Gasteiger partial charge on any atom is -0.461 e. The molecule has 2 N–H and O–H groups in total. The SMILES string of the molecule is Cc1ccc(-c2cn[nH]c2C2CCCN2)o1. The second-order valence-corrected chi connectivity index (χ2v) is 4.26. The number of aromatic amines is 1. The summed E-state index contributed by atoms with van der Waals surface area (Å²) in [5, 5.41) is 10.7. The normalized spacial score (nSPS) is 20.4. The van der Waals surface area contributed by atoms with Crippen LogP contribution in [0.25, 0.3) is 11.3 Å². The minimum atomic E-state index is 0.392. The van der Waals surface area contributed by atoms with Crippen LogP contribution in [0.5, 0.6) is 0 Å². The van der Waals surface area contributed by atoms with Crippen LogP contribution in [0.1, 0.15) is 30.3 Å². The molecule has 2 aromatic heterocycles. The lowest BCUT2D eigenvalue weighted by Gasteiger charge is -2.09. The third-order valence-electron chi connectivity index (χ3n) is 3.08. The first-order chi connectivity index (χ1) is 7.84. The van der Waals surface area contributed by atoms with Crippen molar-refractivity contribution in [2.24, 2.45) is 0 Å². The summed E-state index contributed by atoms with van der Waals surface area (Å²) in [6, 6.07) is 4.37. The first kappa shape index (κ1) is 9.66. The highest BCUT2D eigenvalue weighted by Crippen LogP contribution is 2.31. The van der Waals surface area contributed by atoms with Gasteiger partial charge in [0.1, 0.15) is 11.5 Å². The van der Waals surface area contributed by atoms with Crippen LogP contribution in [0.15, 0.2) is 22.7 Å². The summed E-state index contributed by atoms with van der Waals surface area (Å²) in [4.78, 5) is 0. The Balaban J connectivity index is 1.98. The van der Waals surface area contributed by atoms with E-state index in [4.69, 9.17) is 4.42 Å². The molecule has 0 aromatic carbocycles. The van der Waals surface area contributed by atoms with Crippen molar-refractivity contribution in [2.45, 2.75) is 25.8 Å². The average molecular weight is 217 g/mol. The second kappa shape index (κ2) is 3.79. The maximum absolute atomic E-state index is 5.64. The van der Waals surface area contributed by atoms with Gasteiger partial charge in [0.2, 0.25) is 0 Å². The zero-order valence-corrected chi connectivity index (χ0v) is 9.29. The molecule has 0 bridgehead atoms. The summed E-state index contributed by atoms with van der Waals surface area (Å²) in [5.41, 5.74) is 2.22. The van der Waals surface area contributed by atoms with Gasteiger partial charge in [-0.1, -0.05) is 0 Å². The highest BCUT2D eigenvalue weighted by Gasteiger charge is 2.22. The van der Waals surface area contributed by atoms with Crippen molar-refractivity contribution >= 4 is 0 Å². The molecule has 3 heterocycles. The van der Waals surface area contributed by atoms with Gasteiger partial charge < -0.3 is 9.73 Å². The van der Waals surface area contributed by atoms with Gasteiger partial charge in [0.05, 0.1) is 17.5 Å². The number of aryl methyl sites for hydroxylation is 1. The fraction of sp³-hybridized carbons (Fsp3) is 0.417. The quantitative estimate of drug-likeness (QED) is 0.812. The highest BCUT2D eigenvalue weighted by atomic mass is 16.3. The van der Waals surface area contributed by atoms with E-state index in [1.807, 2.05) is 25.3 Å². The van der Waals surface area contributed by atoms with E-state index in [9.17, 15) is 0 Å². The second-order valence-electron chi connectivity index (χ2n) is 4.26. The van der Waals surface area contributed by atoms with E-state index in [-0.39, 0.29) is 0 Å². The van der Waals surface area contributed by atoms with Crippen LogP contribution in [0, 0.1) is 6.92 Å². The van der Waals surface area contributed by atoms with E-state index in [1.165, 1.54) is 6.42 Å². The van der Waals surface area contributed by atoms with Crippen molar-refractivity contribution < 1.29 is 4.42 Å². The maximum Gasteiger partial charge on any atom is 0.137 e. The molecule has 1 aliphatic heterocycles. The van der Waals surface area contributed by atoms with Crippen LogP contribution in [0.2, 0.25) is 0 Å². The van der Waals surface area contributed by atoms with Gasteiger partial charge in [-0.3, -0.25) is 5.10 Å². The van der Waals surface area contributed by atoms with Gasteiger partial charge >= 0.3 is 0 Å². The largest absolute Gasteiger partial charge is 0.461 e. The van der Waals surface area contributed by atoms with Crippen molar-refractivity contribution in [1.82, 2.24) is 15.5 Å². The lowest BCUT2D eigenvalue weighted by molar-refractivity contribution is 0.545. The van der Waals surface area contributed by atoms with Crippen molar-refractivity contribution in [2.75, 3.05) is 6.54 Å².